The van der Waals surface area contributed by atoms with Gasteiger partial charge in [-0.05, 0) is 19.3 Å². The predicted octanol–water partition coefficient (Wildman–Crippen LogP) is 3.45. The number of morpholine rings is 1. The van der Waals surface area contributed by atoms with Gasteiger partial charge in [-0.1, -0.05) is 33.3 Å². The van der Waals surface area contributed by atoms with Crippen LogP contribution in [0, 0.1) is 0 Å². The maximum Gasteiger partial charge on any atom is 0.242 e. The van der Waals surface area contributed by atoms with Gasteiger partial charge in [-0.25, -0.2) is 9.97 Å². The molecular weight excluding hydrogens is 366 g/mol. The number of amides is 1. The first-order valence-electron chi connectivity index (χ1n) is 10.8. The fourth-order valence-corrected chi connectivity index (χ4v) is 3.26. The number of hydrogen-bond donors (Lipinski definition) is 2. The van der Waals surface area contributed by atoms with Gasteiger partial charge in [0.25, 0.3) is 0 Å². The van der Waals surface area contributed by atoms with Crippen LogP contribution in [0.4, 0.5) is 0 Å². The van der Waals surface area contributed by atoms with Crippen LogP contribution in [0.5, 0.6) is 0 Å². The molecule has 4 rings (SSSR count). The summed E-state index contributed by atoms with van der Waals surface area (Å²) in [5.74, 6) is 0.656. The molecule has 1 saturated heterocycles. The molecule has 2 aromatic rings. The number of aromatic nitrogens is 3. The number of rotatable bonds is 6. The molecule has 2 aromatic heterocycles. The topological polar surface area (TPSA) is 83.1 Å². The quantitative estimate of drug-likeness (QED) is 0.777. The molecule has 1 aliphatic carbocycles. The van der Waals surface area contributed by atoms with E-state index in [4.69, 9.17) is 9.72 Å². The normalized spacial score (nSPS) is 17.1. The molecule has 158 valence electrons. The van der Waals surface area contributed by atoms with E-state index in [9.17, 15) is 4.79 Å². The maximum absolute atomic E-state index is 12.4. The van der Waals surface area contributed by atoms with Gasteiger partial charge in [-0.3, -0.25) is 4.79 Å². The molecule has 29 heavy (non-hydrogen) atoms. The van der Waals surface area contributed by atoms with E-state index < -0.39 is 0 Å². The number of nitrogens with zero attached hydrogens (tertiary/aromatic N) is 3. The fraction of sp³-hybridized carbons (Fsp3) is 0.591. The van der Waals surface area contributed by atoms with Crippen LogP contribution in [-0.2, 0) is 9.53 Å². The monoisotopic (exact) mass is 399 g/mol. The Balaban J connectivity index is 0.000000755. The third-order valence-corrected chi connectivity index (χ3v) is 4.89. The SMILES string of the molecule is CC/C=C(/NCC(=O)N1CCOCC1)c1c[nH]c2ncc(C3CC3)nc12.CCC. The smallest absolute Gasteiger partial charge is 0.242 e. The number of ether oxygens (including phenoxy) is 1. The summed E-state index contributed by atoms with van der Waals surface area (Å²) in [4.78, 5) is 26.8. The Morgan fingerprint density at radius 1 is 1.31 bits per heavy atom. The van der Waals surface area contributed by atoms with E-state index in [-0.39, 0.29) is 12.5 Å². The first-order chi connectivity index (χ1) is 14.2. The van der Waals surface area contributed by atoms with Crippen molar-refractivity contribution in [2.45, 2.75) is 52.4 Å². The third-order valence-electron chi connectivity index (χ3n) is 4.89. The summed E-state index contributed by atoms with van der Waals surface area (Å²) in [5, 5.41) is 3.32. The molecule has 7 heteroatoms. The summed E-state index contributed by atoms with van der Waals surface area (Å²) in [6, 6.07) is 0. The minimum Gasteiger partial charge on any atom is -0.378 e. The number of hydrogen-bond acceptors (Lipinski definition) is 5. The van der Waals surface area contributed by atoms with Crippen LogP contribution >= 0.6 is 0 Å². The van der Waals surface area contributed by atoms with Crippen LogP contribution in [0.3, 0.4) is 0 Å². The zero-order valence-corrected chi connectivity index (χ0v) is 17.8. The summed E-state index contributed by atoms with van der Waals surface area (Å²) >= 11 is 0. The van der Waals surface area contributed by atoms with E-state index in [1.165, 1.54) is 19.3 Å². The van der Waals surface area contributed by atoms with Gasteiger partial charge >= 0.3 is 0 Å². The molecule has 2 aliphatic rings. The summed E-state index contributed by atoms with van der Waals surface area (Å²) in [6.07, 6.45) is 10.4. The molecule has 2 fully saturated rings. The van der Waals surface area contributed by atoms with Crippen molar-refractivity contribution >= 4 is 22.8 Å². The standard InChI is InChI=1S/C19H25N5O2.C3H8/c1-2-3-15(20-12-17(25)24-6-8-26-9-7-24)14-10-21-19-18(14)23-16(11-22-19)13-4-5-13;1-3-2/h3,10-11,13,20H,2,4-9,12H2,1H3,(H,21,22);3H2,1-2H3/b15-3+;. The van der Waals surface area contributed by atoms with Crippen LogP contribution in [0.25, 0.3) is 16.9 Å². The van der Waals surface area contributed by atoms with Crippen LogP contribution in [0.15, 0.2) is 18.5 Å². The van der Waals surface area contributed by atoms with Crippen molar-refractivity contribution in [1.82, 2.24) is 25.2 Å². The van der Waals surface area contributed by atoms with Crippen molar-refractivity contribution < 1.29 is 9.53 Å². The highest BCUT2D eigenvalue weighted by molar-refractivity contribution is 5.88. The second-order valence-corrected chi connectivity index (χ2v) is 7.55. The second-order valence-electron chi connectivity index (χ2n) is 7.55. The van der Waals surface area contributed by atoms with Crippen molar-refractivity contribution in [1.29, 1.82) is 0 Å². The molecule has 0 radical (unpaired) electrons. The molecule has 0 spiro atoms. The number of H-pyrrole nitrogens is 1. The van der Waals surface area contributed by atoms with Gasteiger partial charge in [-0.2, -0.15) is 0 Å². The lowest BCUT2D eigenvalue weighted by Crippen LogP contribution is -2.44. The van der Waals surface area contributed by atoms with Gasteiger partial charge in [0, 0.05) is 36.5 Å². The Bertz CT molecular complexity index is 835. The fourth-order valence-electron chi connectivity index (χ4n) is 3.26. The lowest BCUT2D eigenvalue weighted by Gasteiger charge is -2.27. The minimum absolute atomic E-state index is 0.0971. The Labute approximate surface area is 172 Å². The summed E-state index contributed by atoms with van der Waals surface area (Å²) in [6.45, 7) is 9.17. The van der Waals surface area contributed by atoms with E-state index in [1.807, 2.05) is 17.3 Å². The summed E-state index contributed by atoms with van der Waals surface area (Å²) in [5.41, 5.74) is 4.64. The van der Waals surface area contributed by atoms with E-state index in [0.717, 1.165) is 34.5 Å². The van der Waals surface area contributed by atoms with Gasteiger partial charge in [0.05, 0.1) is 31.6 Å². The van der Waals surface area contributed by atoms with Crippen LogP contribution in [0.1, 0.15) is 63.6 Å². The average Bonchev–Trinajstić information content (AvgIpc) is 3.51. The van der Waals surface area contributed by atoms with Gasteiger partial charge in [0.15, 0.2) is 5.65 Å². The van der Waals surface area contributed by atoms with E-state index in [1.54, 1.807) is 0 Å². The molecule has 1 saturated carbocycles. The summed E-state index contributed by atoms with van der Waals surface area (Å²) in [7, 11) is 0. The molecule has 2 N–H and O–H groups in total. The number of nitrogens with one attached hydrogen (secondary N) is 2. The van der Waals surface area contributed by atoms with Crippen LogP contribution < -0.4 is 5.32 Å². The Hall–Kier alpha value is -2.41. The van der Waals surface area contributed by atoms with E-state index in [2.05, 4.69) is 42.1 Å². The summed E-state index contributed by atoms with van der Waals surface area (Å²) < 4.78 is 5.31. The lowest BCUT2D eigenvalue weighted by atomic mass is 10.2. The van der Waals surface area contributed by atoms with Crippen molar-refractivity contribution in [2.75, 3.05) is 32.8 Å². The third kappa shape index (κ3) is 5.56. The molecule has 3 heterocycles. The van der Waals surface area contributed by atoms with Gasteiger partial charge < -0.3 is 19.9 Å². The molecule has 1 amide bonds. The zero-order valence-electron chi connectivity index (χ0n) is 17.8. The van der Waals surface area contributed by atoms with Crippen molar-refractivity contribution in [3.05, 3.63) is 29.7 Å². The first kappa shape index (κ1) is 21.3. The predicted molar refractivity (Wildman–Crippen MR) is 115 cm³/mol. The highest BCUT2D eigenvalue weighted by atomic mass is 16.5. The molecule has 7 nitrogen and oxygen atoms in total. The lowest BCUT2D eigenvalue weighted by molar-refractivity contribution is -0.134. The van der Waals surface area contributed by atoms with Crippen molar-refractivity contribution in [3.8, 4) is 0 Å². The number of carbonyl (C=O) groups excluding carboxylic acids is 1. The van der Waals surface area contributed by atoms with E-state index >= 15 is 0 Å². The molecule has 1 aliphatic heterocycles. The van der Waals surface area contributed by atoms with Crippen LogP contribution in [0.2, 0.25) is 0 Å². The average molecular weight is 400 g/mol. The highest BCUT2D eigenvalue weighted by Gasteiger charge is 2.26. The number of fused-ring (bicyclic) bond motifs is 1. The molecule has 0 aromatic carbocycles. The van der Waals surface area contributed by atoms with Crippen LogP contribution in [-0.4, -0.2) is 58.6 Å². The van der Waals surface area contributed by atoms with Crippen molar-refractivity contribution in [2.24, 2.45) is 0 Å². The second kappa shape index (κ2) is 10.4. The molecular formula is C22H33N5O2. The minimum atomic E-state index is 0.0971. The van der Waals surface area contributed by atoms with Gasteiger partial charge in [-0.15, -0.1) is 0 Å². The van der Waals surface area contributed by atoms with E-state index in [0.29, 0.717) is 32.2 Å². The Kier molecular flexibility index (Phi) is 7.63. The number of allylic oxidation sites excluding steroid dienone is 1. The Morgan fingerprint density at radius 2 is 2.03 bits per heavy atom. The largest absolute Gasteiger partial charge is 0.378 e. The maximum atomic E-state index is 12.4. The molecule has 0 unspecified atom stereocenters. The molecule has 0 bridgehead atoms. The first-order valence-corrected chi connectivity index (χ1v) is 10.8. The van der Waals surface area contributed by atoms with Gasteiger partial charge in [0.2, 0.25) is 5.91 Å². The molecule has 0 atom stereocenters. The van der Waals surface area contributed by atoms with Gasteiger partial charge in [0.1, 0.15) is 5.52 Å². The zero-order chi connectivity index (χ0) is 20.6. The number of aromatic amines is 1. The highest BCUT2D eigenvalue weighted by Crippen LogP contribution is 2.39. The Morgan fingerprint density at radius 3 is 2.69 bits per heavy atom. The number of carbonyl (C=O) groups is 1. The van der Waals surface area contributed by atoms with Crippen molar-refractivity contribution in [3.63, 3.8) is 0 Å².